The highest BCUT2D eigenvalue weighted by Gasteiger charge is 2.33. The van der Waals surface area contributed by atoms with Crippen LogP contribution in [0.5, 0.6) is 0 Å². The van der Waals surface area contributed by atoms with E-state index in [1.807, 2.05) is 30.7 Å². The fourth-order valence-corrected chi connectivity index (χ4v) is 2.34. The van der Waals surface area contributed by atoms with Crippen molar-refractivity contribution in [3.8, 4) is 0 Å². The van der Waals surface area contributed by atoms with E-state index in [-0.39, 0.29) is 12.3 Å². The maximum absolute atomic E-state index is 10.7. The summed E-state index contributed by atoms with van der Waals surface area (Å²) in [5.41, 5.74) is 0.0581. The first-order valence-corrected chi connectivity index (χ1v) is 6.33. The van der Waals surface area contributed by atoms with E-state index in [1.54, 1.807) is 11.3 Å². The Morgan fingerprint density at radius 3 is 2.69 bits per heavy atom. The highest BCUT2D eigenvalue weighted by atomic mass is 32.1. The van der Waals surface area contributed by atoms with Gasteiger partial charge in [0.1, 0.15) is 0 Å². The maximum atomic E-state index is 10.7. The van der Waals surface area contributed by atoms with Crippen LogP contribution in [0, 0.1) is 5.92 Å². The lowest BCUT2D eigenvalue weighted by Crippen LogP contribution is -2.38. The molecule has 0 amide bonds. The topological polar surface area (TPSA) is 57.5 Å². The average molecular weight is 242 g/mol. The summed E-state index contributed by atoms with van der Waals surface area (Å²) >= 11 is 1.61. The molecule has 0 aromatic carbocycles. The van der Waals surface area contributed by atoms with Crippen LogP contribution < -0.4 is 0 Å². The van der Waals surface area contributed by atoms with Crippen LogP contribution in [-0.4, -0.2) is 21.8 Å². The molecule has 0 aliphatic heterocycles. The number of thiophene rings is 1. The molecule has 90 valence electrons. The highest BCUT2D eigenvalue weighted by molar-refractivity contribution is 7.07. The zero-order chi connectivity index (χ0) is 12.2. The molecule has 0 aliphatic carbocycles. The quantitative estimate of drug-likeness (QED) is 0.806. The summed E-state index contributed by atoms with van der Waals surface area (Å²) in [4.78, 5) is 10.7. The first-order valence-electron chi connectivity index (χ1n) is 5.39. The molecule has 1 heterocycles. The summed E-state index contributed by atoms with van der Waals surface area (Å²) < 4.78 is 0. The number of hydrogen-bond acceptors (Lipinski definition) is 3. The lowest BCUT2D eigenvalue weighted by molar-refractivity contribution is -0.145. The van der Waals surface area contributed by atoms with Gasteiger partial charge in [0.25, 0.3) is 0 Å². The second-order valence-corrected chi connectivity index (χ2v) is 5.24. The van der Waals surface area contributed by atoms with E-state index in [1.165, 1.54) is 0 Å². The van der Waals surface area contributed by atoms with Gasteiger partial charge in [0, 0.05) is 0 Å². The van der Waals surface area contributed by atoms with Crippen LogP contribution in [0.1, 0.15) is 32.3 Å². The lowest BCUT2D eigenvalue weighted by atomic mass is 9.82. The third-order valence-electron chi connectivity index (χ3n) is 2.96. The van der Waals surface area contributed by atoms with Crippen LogP contribution in [0.15, 0.2) is 16.8 Å². The molecule has 1 aromatic rings. The molecule has 1 aromatic heterocycles. The molecular weight excluding hydrogens is 224 g/mol. The van der Waals surface area contributed by atoms with Gasteiger partial charge >= 0.3 is 5.97 Å². The Kier molecular flexibility index (Phi) is 4.50. The van der Waals surface area contributed by atoms with Crippen molar-refractivity contribution < 1.29 is 15.0 Å². The molecule has 2 N–H and O–H groups in total. The second kappa shape index (κ2) is 5.46. The van der Waals surface area contributed by atoms with Crippen molar-refractivity contribution in [1.82, 2.24) is 0 Å². The van der Waals surface area contributed by atoms with Gasteiger partial charge in [-0.25, -0.2) is 0 Å². The zero-order valence-corrected chi connectivity index (χ0v) is 10.5. The Morgan fingerprint density at radius 1 is 1.56 bits per heavy atom. The molecule has 0 aliphatic rings. The summed E-state index contributed by atoms with van der Waals surface area (Å²) in [6, 6.07) is 2.01. The molecule has 0 saturated heterocycles. The summed E-state index contributed by atoms with van der Waals surface area (Å²) in [6.07, 6.45) is 1.04. The highest BCUT2D eigenvalue weighted by Crippen LogP contribution is 2.27. The Hall–Kier alpha value is -0.870. The van der Waals surface area contributed by atoms with Gasteiger partial charge < -0.3 is 10.2 Å². The van der Waals surface area contributed by atoms with E-state index in [0.717, 1.165) is 12.0 Å². The van der Waals surface area contributed by atoms with Gasteiger partial charge in [-0.1, -0.05) is 13.8 Å². The number of carboxylic acid groups (broad SMARTS) is 1. The molecule has 1 atom stereocenters. The summed E-state index contributed by atoms with van der Waals surface area (Å²) in [6.45, 7) is 3.72. The number of carboxylic acids is 1. The zero-order valence-electron chi connectivity index (χ0n) is 9.64. The molecule has 0 fully saturated rings. The molecule has 1 unspecified atom stereocenters. The number of rotatable bonds is 6. The number of carbonyl (C=O) groups is 1. The number of aryl methyl sites for hydroxylation is 1. The molecule has 16 heavy (non-hydrogen) atoms. The minimum atomic E-state index is -1.10. The Labute approximate surface area is 99.7 Å². The fraction of sp³-hybridized carbons (Fsp3) is 0.583. The molecular formula is C12H18O3S. The van der Waals surface area contributed by atoms with Crippen molar-refractivity contribution in [2.24, 2.45) is 5.92 Å². The first-order chi connectivity index (χ1) is 7.44. The largest absolute Gasteiger partial charge is 0.481 e. The molecule has 0 bridgehead atoms. The van der Waals surface area contributed by atoms with E-state index in [2.05, 4.69) is 0 Å². The maximum Gasteiger partial charge on any atom is 0.306 e. The van der Waals surface area contributed by atoms with Crippen molar-refractivity contribution in [1.29, 1.82) is 0 Å². The second-order valence-electron chi connectivity index (χ2n) is 4.46. The lowest BCUT2D eigenvalue weighted by Gasteiger charge is -2.30. The SMILES string of the molecule is CC(C)C(O)(CCc1ccsc1)CC(=O)O. The van der Waals surface area contributed by atoms with Gasteiger partial charge in [-0.05, 0) is 41.1 Å². The Bertz CT molecular complexity index is 332. The van der Waals surface area contributed by atoms with E-state index < -0.39 is 11.6 Å². The Balaban J connectivity index is 2.60. The first kappa shape index (κ1) is 13.2. The van der Waals surface area contributed by atoms with E-state index in [9.17, 15) is 9.90 Å². The van der Waals surface area contributed by atoms with Gasteiger partial charge in [-0.2, -0.15) is 11.3 Å². The van der Waals surface area contributed by atoms with Gasteiger partial charge in [0.05, 0.1) is 12.0 Å². The van der Waals surface area contributed by atoms with Crippen LogP contribution in [0.4, 0.5) is 0 Å². The summed E-state index contributed by atoms with van der Waals surface area (Å²) in [5.74, 6) is -0.997. The molecule has 1 rings (SSSR count). The minimum absolute atomic E-state index is 0.0535. The predicted octanol–water partition coefficient (Wildman–Crippen LogP) is 2.54. The monoisotopic (exact) mass is 242 g/mol. The standard InChI is InChI=1S/C12H18O3S/c1-9(2)12(15,7-11(13)14)5-3-10-4-6-16-8-10/h4,6,8-9,15H,3,5,7H2,1-2H3,(H,13,14). The third kappa shape index (κ3) is 3.61. The van der Waals surface area contributed by atoms with Crippen LogP contribution in [0.25, 0.3) is 0 Å². The van der Waals surface area contributed by atoms with Crippen LogP contribution in [-0.2, 0) is 11.2 Å². The summed E-state index contributed by atoms with van der Waals surface area (Å²) in [5, 5.41) is 23.1. The fourth-order valence-electron chi connectivity index (χ4n) is 1.64. The number of aliphatic carboxylic acids is 1. The molecule has 0 radical (unpaired) electrons. The van der Waals surface area contributed by atoms with Gasteiger partial charge in [-0.3, -0.25) is 4.79 Å². The van der Waals surface area contributed by atoms with Gasteiger partial charge in [0.2, 0.25) is 0 Å². The van der Waals surface area contributed by atoms with E-state index in [4.69, 9.17) is 5.11 Å². The normalized spacial score (nSPS) is 15.0. The van der Waals surface area contributed by atoms with Crippen LogP contribution >= 0.6 is 11.3 Å². The van der Waals surface area contributed by atoms with Crippen molar-refractivity contribution >= 4 is 17.3 Å². The summed E-state index contributed by atoms with van der Waals surface area (Å²) in [7, 11) is 0. The van der Waals surface area contributed by atoms with Gasteiger partial charge in [-0.15, -0.1) is 0 Å². The van der Waals surface area contributed by atoms with Crippen molar-refractivity contribution in [2.75, 3.05) is 0 Å². The molecule has 0 saturated carbocycles. The molecule has 0 spiro atoms. The smallest absolute Gasteiger partial charge is 0.306 e. The van der Waals surface area contributed by atoms with E-state index >= 15 is 0 Å². The van der Waals surface area contributed by atoms with Gasteiger partial charge in [0.15, 0.2) is 0 Å². The van der Waals surface area contributed by atoms with Crippen molar-refractivity contribution in [2.45, 2.75) is 38.7 Å². The average Bonchev–Trinajstić information content (AvgIpc) is 2.65. The van der Waals surface area contributed by atoms with Crippen LogP contribution in [0.3, 0.4) is 0 Å². The number of aliphatic hydroxyl groups is 1. The number of hydrogen-bond donors (Lipinski definition) is 2. The molecule has 4 heteroatoms. The van der Waals surface area contributed by atoms with Crippen LogP contribution in [0.2, 0.25) is 0 Å². The predicted molar refractivity (Wildman–Crippen MR) is 64.7 cm³/mol. The molecule has 3 nitrogen and oxygen atoms in total. The van der Waals surface area contributed by atoms with Crippen molar-refractivity contribution in [3.63, 3.8) is 0 Å². The van der Waals surface area contributed by atoms with E-state index in [0.29, 0.717) is 6.42 Å². The van der Waals surface area contributed by atoms with Crippen molar-refractivity contribution in [3.05, 3.63) is 22.4 Å². The Morgan fingerprint density at radius 2 is 2.25 bits per heavy atom. The minimum Gasteiger partial charge on any atom is -0.481 e. The third-order valence-corrected chi connectivity index (χ3v) is 3.69.